The predicted molar refractivity (Wildman–Crippen MR) is 129 cm³/mol. The Balaban J connectivity index is 1.56. The first-order valence-corrected chi connectivity index (χ1v) is 12.1. The van der Waals surface area contributed by atoms with Crippen LogP contribution in [0, 0.1) is 0 Å². The van der Waals surface area contributed by atoms with Crippen LogP contribution in [0.4, 0.5) is 0 Å². The predicted octanol–water partition coefficient (Wildman–Crippen LogP) is 5.46. The van der Waals surface area contributed by atoms with Gasteiger partial charge in [0.25, 0.3) is 0 Å². The zero-order chi connectivity index (χ0) is 22.1. The highest BCUT2D eigenvalue weighted by Gasteiger charge is 2.34. The average Bonchev–Trinajstić information content (AvgIpc) is 3.45. The number of nitrogens with one attached hydrogen (secondary N) is 1. The third-order valence-electron chi connectivity index (χ3n) is 6.03. The van der Waals surface area contributed by atoms with Crippen LogP contribution in [-0.2, 0) is 4.79 Å². The number of hydrogen-bond donors (Lipinski definition) is 1. The fourth-order valence-corrected chi connectivity index (χ4v) is 5.35. The van der Waals surface area contributed by atoms with Crippen molar-refractivity contribution >= 4 is 28.6 Å². The number of rotatable bonds is 8. The van der Waals surface area contributed by atoms with Gasteiger partial charge in [0.15, 0.2) is 11.0 Å². The van der Waals surface area contributed by atoms with Crippen molar-refractivity contribution in [3.63, 3.8) is 0 Å². The molecule has 0 saturated heterocycles. The zero-order valence-electron chi connectivity index (χ0n) is 18.4. The van der Waals surface area contributed by atoms with Gasteiger partial charge >= 0.3 is 0 Å². The van der Waals surface area contributed by atoms with E-state index in [1.807, 2.05) is 67.4 Å². The summed E-state index contributed by atoms with van der Waals surface area (Å²) in [6, 6.07) is 18.6. The number of benzene rings is 2. The van der Waals surface area contributed by atoms with Gasteiger partial charge in [0.1, 0.15) is 5.25 Å². The Morgan fingerprint density at radius 2 is 1.81 bits per heavy atom. The van der Waals surface area contributed by atoms with Gasteiger partial charge in [-0.3, -0.25) is 9.36 Å². The average molecular weight is 446 g/mol. The Bertz CT molecular complexity index is 1220. The number of thioether (sulfide) groups is 1. The van der Waals surface area contributed by atoms with Crippen molar-refractivity contribution in [2.75, 3.05) is 13.1 Å². The molecule has 32 heavy (non-hydrogen) atoms. The van der Waals surface area contributed by atoms with Crippen molar-refractivity contribution in [1.82, 2.24) is 24.6 Å². The van der Waals surface area contributed by atoms with Crippen LogP contribution in [0.15, 0.2) is 66.0 Å². The van der Waals surface area contributed by atoms with Crippen molar-refractivity contribution in [1.29, 1.82) is 0 Å². The van der Waals surface area contributed by atoms with Gasteiger partial charge in [0, 0.05) is 41.8 Å². The van der Waals surface area contributed by atoms with Gasteiger partial charge in [-0.15, -0.1) is 10.2 Å². The maximum absolute atomic E-state index is 13.5. The van der Waals surface area contributed by atoms with Crippen molar-refractivity contribution in [2.24, 2.45) is 0 Å². The van der Waals surface area contributed by atoms with E-state index in [4.69, 9.17) is 0 Å². The third kappa shape index (κ3) is 3.81. The number of carbonyl (C=O) groups is 1. The highest BCUT2D eigenvalue weighted by Crippen LogP contribution is 2.45. The Morgan fingerprint density at radius 1 is 1.09 bits per heavy atom. The first-order valence-electron chi connectivity index (χ1n) is 11.2. The summed E-state index contributed by atoms with van der Waals surface area (Å²) in [5, 5.41) is 10.8. The summed E-state index contributed by atoms with van der Waals surface area (Å²) in [6.07, 6.45) is 4.24. The second-order valence-electron chi connectivity index (χ2n) is 8.07. The summed E-state index contributed by atoms with van der Waals surface area (Å²) in [4.78, 5) is 18.7. The molecule has 0 aliphatic heterocycles. The van der Waals surface area contributed by atoms with Gasteiger partial charge in [-0.2, -0.15) is 0 Å². The molecule has 1 saturated carbocycles. The number of H-pyrrole nitrogens is 1. The lowest BCUT2D eigenvalue weighted by atomic mass is 10.1. The molecule has 2 aromatic heterocycles. The van der Waals surface area contributed by atoms with Gasteiger partial charge in [-0.25, -0.2) is 0 Å². The van der Waals surface area contributed by atoms with Gasteiger partial charge in [0.05, 0.1) is 0 Å². The molecule has 7 heteroatoms. The lowest BCUT2D eigenvalue weighted by molar-refractivity contribution is -0.130. The summed E-state index contributed by atoms with van der Waals surface area (Å²) in [5.74, 6) is 0.986. The van der Waals surface area contributed by atoms with Crippen LogP contribution in [0.25, 0.3) is 22.3 Å². The molecule has 2 heterocycles. The number of carbonyl (C=O) groups excluding carboxylic acids is 1. The van der Waals surface area contributed by atoms with E-state index < -0.39 is 0 Å². The van der Waals surface area contributed by atoms with Crippen molar-refractivity contribution in [2.45, 2.75) is 43.1 Å². The molecule has 5 rings (SSSR count). The van der Waals surface area contributed by atoms with Gasteiger partial charge < -0.3 is 9.88 Å². The van der Waals surface area contributed by atoms with Crippen LogP contribution in [0.5, 0.6) is 0 Å². The highest BCUT2D eigenvalue weighted by molar-refractivity contribution is 8.00. The molecule has 1 amide bonds. The van der Waals surface area contributed by atoms with Gasteiger partial charge in [-0.05, 0) is 38.3 Å². The first kappa shape index (κ1) is 20.8. The largest absolute Gasteiger partial charge is 0.360 e. The highest BCUT2D eigenvalue weighted by atomic mass is 32.2. The lowest BCUT2D eigenvalue weighted by Crippen LogP contribution is -2.34. The quantitative estimate of drug-likeness (QED) is 0.366. The van der Waals surface area contributed by atoms with Gasteiger partial charge in [-0.1, -0.05) is 60.3 Å². The maximum Gasteiger partial charge on any atom is 0.240 e. The van der Waals surface area contributed by atoms with Crippen LogP contribution >= 0.6 is 11.8 Å². The molecule has 164 valence electrons. The third-order valence-corrected chi connectivity index (χ3v) is 7.23. The van der Waals surface area contributed by atoms with Crippen LogP contribution in [0.1, 0.15) is 43.5 Å². The molecule has 1 atom stereocenters. The Hall–Kier alpha value is -3.06. The summed E-state index contributed by atoms with van der Waals surface area (Å²) < 4.78 is 2.24. The number of nitrogens with zero attached hydrogens (tertiary/aromatic N) is 4. The number of fused-ring (bicyclic) bond motifs is 1. The molecular formula is C25H27N5OS. The lowest BCUT2D eigenvalue weighted by Gasteiger charge is -2.25. The van der Waals surface area contributed by atoms with E-state index in [1.54, 1.807) is 0 Å². The Kier molecular flexibility index (Phi) is 5.74. The zero-order valence-corrected chi connectivity index (χ0v) is 19.2. The number of hydrogen-bond acceptors (Lipinski definition) is 4. The van der Waals surface area contributed by atoms with E-state index in [2.05, 4.69) is 31.9 Å². The minimum Gasteiger partial charge on any atom is -0.360 e. The van der Waals surface area contributed by atoms with E-state index in [0.717, 1.165) is 45.9 Å². The minimum absolute atomic E-state index is 0.116. The molecule has 1 unspecified atom stereocenters. The molecule has 1 fully saturated rings. The van der Waals surface area contributed by atoms with Crippen molar-refractivity contribution < 1.29 is 4.79 Å². The normalized spacial score (nSPS) is 14.6. The van der Waals surface area contributed by atoms with E-state index in [-0.39, 0.29) is 11.2 Å². The van der Waals surface area contributed by atoms with E-state index >= 15 is 0 Å². The topological polar surface area (TPSA) is 66.8 Å². The van der Waals surface area contributed by atoms with Crippen LogP contribution < -0.4 is 0 Å². The molecule has 4 aromatic rings. The number of likely N-dealkylation sites (N-methyl/N-ethyl adjacent to an activating group) is 1. The smallest absolute Gasteiger partial charge is 0.240 e. The van der Waals surface area contributed by atoms with Gasteiger partial charge in [0.2, 0.25) is 5.91 Å². The van der Waals surface area contributed by atoms with Crippen LogP contribution in [0.3, 0.4) is 0 Å². The Labute approximate surface area is 192 Å². The molecular weight excluding hydrogens is 418 g/mol. The molecule has 2 aromatic carbocycles. The molecule has 0 radical (unpaired) electrons. The summed E-state index contributed by atoms with van der Waals surface area (Å²) in [5.41, 5.74) is 3.13. The number of aromatic nitrogens is 4. The van der Waals surface area contributed by atoms with E-state index in [1.165, 1.54) is 11.8 Å². The van der Waals surface area contributed by atoms with Crippen LogP contribution in [0.2, 0.25) is 0 Å². The summed E-state index contributed by atoms with van der Waals surface area (Å²) in [7, 11) is 0. The fourth-order valence-electron chi connectivity index (χ4n) is 4.15. The fraction of sp³-hybridized carbons (Fsp3) is 0.320. The number of aromatic amines is 1. The maximum atomic E-state index is 13.5. The first-order chi connectivity index (χ1) is 15.7. The minimum atomic E-state index is -0.353. The van der Waals surface area contributed by atoms with Crippen molar-refractivity contribution in [3.8, 4) is 11.4 Å². The van der Waals surface area contributed by atoms with Crippen molar-refractivity contribution in [3.05, 3.63) is 66.4 Å². The summed E-state index contributed by atoms with van der Waals surface area (Å²) >= 11 is 1.52. The number of para-hydroxylation sites is 1. The molecule has 6 nitrogen and oxygen atoms in total. The van der Waals surface area contributed by atoms with E-state index in [9.17, 15) is 4.79 Å². The molecule has 0 bridgehead atoms. The molecule has 1 aliphatic carbocycles. The number of amides is 1. The van der Waals surface area contributed by atoms with Crippen LogP contribution in [-0.4, -0.2) is 43.6 Å². The molecule has 1 aliphatic rings. The monoisotopic (exact) mass is 445 g/mol. The van der Waals surface area contributed by atoms with E-state index in [0.29, 0.717) is 19.1 Å². The second-order valence-corrected chi connectivity index (χ2v) is 9.15. The standard InChI is InChI=1S/C25H27N5OS/c1-3-29(4-2)24(31)22(17-10-6-5-7-11-17)32-25-28-27-23(30(25)18-14-15-18)20-16-26-21-13-9-8-12-19(20)21/h5-13,16,18,22,26H,3-4,14-15H2,1-2H3. The molecule has 1 N–H and O–H groups in total. The SMILES string of the molecule is CCN(CC)C(=O)C(Sc1nnc(-c2c[nH]c3ccccc23)n1C1CC1)c1ccccc1. The molecule has 0 spiro atoms. The second kappa shape index (κ2) is 8.82. The summed E-state index contributed by atoms with van der Waals surface area (Å²) in [6.45, 7) is 5.43. The Morgan fingerprint density at radius 3 is 2.53 bits per heavy atom.